The zero-order chi connectivity index (χ0) is 13.4. The van der Waals surface area contributed by atoms with Gasteiger partial charge in [0.2, 0.25) is 0 Å². The number of halogens is 1. The Morgan fingerprint density at radius 3 is 2.67 bits per heavy atom. The summed E-state index contributed by atoms with van der Waals surface area (Å²) in [7, 11) is 1.57. The zero-order valence-electron chi connectivity index (χ0n) is 11.3. The van der Waals surface area contributed by atoms with Crippen LogP contribution in [0.3, 0.4) is 0 Å². The minimum atomic E-state index is -0.394. The molecule has 18 heavy (non-hydrogen) atoms. The first kappa shape index (κ1) is 15.1. The molecule has 0 amide bonds. The van der Waals surface area contributed by atoms with E-state index in [9.17, 15) is 4.39 Å². The fourth-order valence-electron chi connectivity index (χ4n) is 1.80. The van der Waals surface area contributed by atoms with E-state index in [-0.39, 0.29) is 11.9 Å². The van der Waals surface area contributed by atoms with Gasteiger partial charge in [-0.05, 0) is 26.0 Å². The summed E-state index contributed by atoms with van der Waals surface area (Å²) >= 11 is 0. The maximum atomic E-state index is 13.7. The Balaban J connectivity index is 2.57. The fourth-order valence-corrected chi connectivity index (χ4v) is 1.80. The second-order valence-electron chi connectivity index (χ2n) is 4.19. The summed E-state index contributed by atoms with van der Waals surface area (Å²) in [6, 6.07) is 6.62. The van der Waals surface area contributed by atoms with Gasteiger partial charge in [-0.15, -0.1) is 0 Å². The molecule has 102 valence electrons. The zero-order valence-corrected chi connectivity index (χ0v) is 11.3. The summed E-state index contributed by atoms with van der Waals surface area (Å²) in [5, 5.41) is 3.14. The first-order chi connectivity index (χ1) is 8.70. The van der Waals surface area contributed by atoms with Crippen LogP contribution >= 0.6 is 0 Å². The van der Waals surface area contributed by atoms with Crippen molar-refractivity contribution in [2.24, 2.45) is 0 Å². The minimum Gasteiger partial charge on any atom is -0.374 e. The summed E-state index contributed by atoms with van der Waals surface area (Å²) in [4.78, 5) is 0. The number of nitrogens with one attached hydrogen (secondary N) is 1. The number of methoxy groups -OCH3 is 1. The van der Waals surface area contributed by atoms with E-state index in [2.05, 4.69) is 12.2 Å². The molecule has 1 N–H and O–H groups in total. The van der Waals surface area contributed by atoms with Gasteiger partial charge in [0.15, 0.2) is 0 Å². The summed E-state index contributed by atoms with van der Waals surface area (Å²) in [6.07, 6.45) is 0.449. The second kappa shape index (κ2) is 8.19. The van der Waals surface area contributed by atoms with Gasteiger partial charge in [-0.2, -0.15) is 0 Å². The maximum Gasteiger partial charge on any atom is 0.129 e. The lowest BCUT2D eigenvalue weighted by Crippen LogP contribution is -2.27. The smallest absolute Gasteiger partial charge is 0.129 e. The van der Waals surface area contributed by atoms with Crippen LogP contribution in [0.15, 0.2) is 24.3 Å². The first-order valence-electron chi connectivity index (χ1n) is 6.30. The number of benzene rings is 1. The molecule has 0 spiro atoms. The van der Waals surface area contributed by atoms with Crippen LogP contribution in [0.4, 0.5) is 4.39 Å². The molecule has 0 radical (unpaired) electrons. The van der Waals surface area contributed by atoms with Gasteiger partial charge in [-0.25, -0.2) is 4.39 Å². The van der Waals surface area contributed by atoms with E-state index >= 15 is 0 Å². The van der Waals surface area contributed by atoms with Crippen molar-refractivity contribution >= 4 is 0 Å². The van der Waals surface area contributed by atoms with Crippen LogP contribution in [0.25, 0.3) is 0 Å². The Bertz CT molecular complexity index is 346. The molecular formula is C14H22FNO2. The summed E-state index contributed by atoms with van der Waals surface area (Å²) in [5.74, 6) is -0.263. The van der Waals surface area contributed by atoms with Crippen LogP contribution in [0.5, 0.6) is 0 Å². The molecule has 0 aliphatic carbocycles. The van der Waals surface area contributed by atoms with Crippen LogP contribution in [0.2, 0.25) is 0 Å². The lowest BCUT2D eigenvalue weighted by atomic mass is 10.0. The quantitative estimate of drug-likeness (QED) is 0.572. The Morgan fingerprint density at radius 2 is 2.06 bits per heavy atom. The van der Waals surface area contributed by atoms with Gasteiger partial charge in [-0.3, -0.25) is 5.32 Å². The third-order valence-corrected chi connectivity index (χ3v) is 2.77. The fraction of sp³-hybridized carbons (Fsp3) is 0.571. The van der Waals surface area contributed by atoms with Crippen molar-refractivity contribution in [2.75, 3.05) is 20.4 Å². The molecule has 0 saturated carbocycles. The number of hydrogen-bond acceptors (Lipinski definition) is 3. The molecule has 0 aliphatic heterocycles. The molecule has 2 atom stereocenters. The molecule has 1 aromatic rings. The van der Waals surface area contributed by atoms with Crippen LogP contribution in [-0.4, -0.2) is 26.5 Å². The molecule has 0 aromatic heterocycles. The average Bonchev–Trinajstić information content (AvgIpc) is 2.38. The summed E-state index contributed by atoms with van der Waals surface area (Å²) in [6.45, 7) is 5.33. The highest BCUT2D eigenvalue weighted by molar-refractivity contribution is 5.20. The third kappa shape index (κ3) is 4.37. The van der Waals surface area contributed by atoms with Gasteiger partial charge in [0, 0.05) is 12.7 Å². The number of hydrogen-bond donors (Lipinski definition) is 1. The molecule has 0 heterocycles. The van der Waals surface area contributed by atoms with E-state index in [1.807, 2.05) is 6.92 Å². The molecule has 1 rings (SSSR count). The van der Waals surface area contributed by atoms with Crippen molar-refractivity contribution < 1.29 is 13.9 Å². The highest BCUT2D eigenvalue weighted by Gasteiger charge is 2.22. The van der Waals surface area contributed by atoms with Gasteiger partial charge in [-0.1, -0.05) is 25.1 Å². The van der Waals surface area contributed by atoms with Gasteiger partial charge < -0.3 is 9.47 Å². The Labute approximate surface area is 108 Å². The monoisotopic (exact) mass is 255 g/mol. The molecule has 0 unspecified atom stereocenters. The molecule has 0 saturated heterocycles. The van der Waals surface area contributed by atoms with Crippen molar-refractivity contribution in [2.45, 2.75) is 32.5 Å². The van der Waals surface area contributed by atoms with E-state index < -0.39 is 6.10 Å². The van der Waals surface area contributed by atoms with E-state index in [0.717, 1.165) is 13.0 Å². The Kier molecular flexibility index (Phi) is 6.86. The van der Waals surface area contributed by atoms with E-state index in [4.69, 9.17) is 9.47 Å². The summed E-state index contributed by atoms with van der Waals surface area (Å²) in [5.41, 5.74) is 0.531. The topological polar surface area (TPSA) is 30.5 Å². The van der Waals surface area contributed by atoms with Crippen LogP contribution in [-0.2, 0) is 9.47 Å². The predicted molar refractivity (Wildman–Crippen MR) is 69.9 cm³/mol. The van der Waals surface area contributed by atoms with E-state index in [1.54, 1.807) is 25.3 Å². The third-order valence-electron chi connectivity index (χ3n) is 2.77. The van der Waals surface area contributed by atoms with E-state index in [1.165, 1.54) is 6.07 Å². The molecule has 4 heteroatoms. The molecule has 0 bridgehead atoms. The Hall–Kier alpha value is -0.970. The number of ether oxygens (including phenoxy) is 2. The average molecular weight is 255 g/mol. The van der Waals surface area contributed by atoms with Crippen LogP contribution in [0.1, 0.15) is 31.9 Å². The van der Waals surface area contributed by atoms with Crippen LogP contribution < -0.4 is 5.32 Å². The maximum absolute atomic E-state index is 13.7. The number of rotatable bonds is 8. The van der Waals surface area contributed by atoms with Gasteiger partial charge >= 0.3 is 0 Å². The second-order valence-corrected chi connectivity index (χ2v) is 4.19. The van der Waals surface area contributed by atoms with Gasteiger partial charge in [0.05, 0.1) is 12.8 Å². The van der Waals surface area contributed by atoms with Crippen molar-refractivity contribution in [3.05, 3.63) is 35.6 Å². The lowest BCUT2D eigenvalue weighted by molar-refractivity contribution is -0.0554. The molecular weight excluding hydrogens is 233 g/mol. The minimum absolute atomic E-state index is 0.212. The van der Waals surface area contributed by atoms with Crippen molar-refractivity contribution in [3.63, 3.8) is 0 Å². The van der Waals surface area contributed by atoms with Crippen molar-refractivity contribution in [3.8, 4) is 0 Å². The molecule has 3 nitrogen and oxygen atoms in total. The van der Waals surface area contributed by atoms with Crippen LogP contribution in [0, 0.1) is 5.82 Å². The molecule has 0 fully saturated rings. The highest BCUT2D eigenvalue weighted by atomic mass is 19.1. The lowest BCUT2D eigenvalue weighted by Gasteiger charge is -2.23. The Morgan fingerprint density at radius 1 is 1.33 bits per heavy atom. The predicted octanol–water partition coefficient (Wildman–Crippen LogP) is 2.88. The SMILES string of the molecule is CCCNCO[C@@H](C)[C@@H](OC)c1ccccc1F. The van der Waals surface area contributed by atoms with Gasteiger partial charge in [0.1, 0.15) is 11.9 Å². The van der Waals surface area contributed by atoms with Crippen molar-refractivity contribution in [1.82, 2.24) is 5.32 Å². The molecule has 1 aromatic carbocycles. The van der Waals surface area contributed by atoms with Gasteiger partial charge in [0.25, 0.3) is 0 Å². The first-order valence-corrected chi connectivity index (χ1v) is 6.30. The molecule has 0 aliphatic rings. The largest absolute Gasteiger partial charge is 0.374 e. The highest BCUT2D eigenvalue weighted by Crippen LogP contribution is 2.24. The summed E-state index contributed by atoms with van der Waals surface area (Å²) < 4.78 is 24.6. The van der Waals surface area contributed by atoms with Crippen molar-refractivity contribution in [1.29, 1.82) is 0 Å². The normalized spacial score (nSPS) is 14.4. The van der Waals surface area contributed by atoms with E-state index in [0.29, 0.717) is 12.3 Å². The standard InChI is InChI=1S/C14H22FNO2/c1-4-9-16-10-18-11(2)14(17-3)12-7-5-6-8-13(12)15/h5-8,11,14,16H,4,9-10H2,1-3H3/t11-,14+/m0/s1.